The molecule has 0 spiro atoms. The third-order valence-corrected chi connectivity index (χ3v) is 2.23. The minimum Gasteiger partial charge on any atom is -0.469 e. The van der Waals surface area contributed by atoms with Crippen LogP contribution in [0.1, 0.15) is 31.9 Å². The SMILES string of the molecule is CNC(C)CC(C)c1ccco1. The average Bonchev–Trinajstić information content (AvgIpc) is 2.56. The highest BCUT2D eigenvalue weighted by Gasteiger charge is 2.10. The third kappa shape index (κ3) is 2.38. The van der Waals surface area contributed by atoms with E-state index in [1.54, 1.807) is 6.26 Å². The van der Waals surface area contributed by atoms with Crippen molar-refractivity contribution in [3.05, 3.63) is 24.2 Å². The van der Waals surface area contributed by atoms with Crippen molar-refractivity contribution in [2.75, 3.05) is 7.05 Å². The van der Waals surface area contributed by atoms with E-state index in [9.17, 15) is 0 Å². The summed E-state index contributed by atoms with van der Waals surface area (Å²) in [4.78, 5) is 0. The van der Waals surface area contributed by atoms with Gasteiger partial charge in [0.05, 0.1) is 6.26 Å². The Kier molecular flexibility index (Phi) is 3.35. The Morgan fingerprint density at radius 3 is 2.75 bits per heavy atom. The summed E-state index contributed by atoms with van der Waals surface area (Å²) in [6.45, 7) is 4.37. The molecule has 0 aliphatic carbocycles. The molecule has 0 amide bonds. The summed E-state index contributed by atoms with van der Waals surface area (Å²) in [6, 6.07) is 4.52. The van der Waals surface area contributed by atoms with Crippen LogP contribution >= 0.6 is 0 Å². The number of hydrogen-bond donors (Lipinski definition) is 1. The van der Waals surface area contributed by atoms with Crippen molar-refractivity contribution in [3.63, 3.8) is 0 Å². The van der Waals surface area contributed by atoms with E-state index in [2.05, 4.69) is 19.2 Å². The number of furan rings is 1. The van der Waals surface area contributed by atoms with Crippen molar-refractivity contribution in [2.24, 2.45) is 0 Å². The maximum absolute atomic E-state index is 5.31. The quantitative estimate of drug-likeness (QED) is 0.744. The maximum Gasteiger partial charge on any atom is 0.106 e. The lowest BCUT2D eigenvalue weighted by molar-refractivity contribution is 0.428. The molecule has 1 rings (SSSR count). The highest BCUT2D eigenvalue weighted by Crippen LogP contribution is 2.20. The van der Waals surface area contributed by atoms with Crippen molar-refractivity contribution < 1.29 is 4.42 Å². The largest absolute Gasteiger partial charge is 0.469 e. The van der Waals surface area contributed by atoms with E-state index in [0.717, 1.165) is 12.2 Å². The normalized spacial score (nSPS) is 15.9. The van der Waals surface area contributed by atoms with Gasteiger partial charge in [-0.2, -0.15) is 0 Å². The van der Waals surface area contributed by atoms with Crippen molar-refractivity contribution in [3.8, 4) is 0 Å². The highest BCUT2D eigenvalue weighted by molar-refractivity contribution is 5.04. The topological polar surface area (TPSA) is 25.2 Å². The van der Waals surface area contributed by atoms with Gasteiger partial charge in [-0.15, -0.1) is 0 Å². The molecule has 2 nitrogen and oxygen atoms in total. The second-order valence-electron chi connectivity index (χ2n) is 3.34. The lowest BCUT2D eigenvalue weighted by Crippen LogP contribution is -2.22. The Morgan fingerprint density at radius 2 is 2.25 bits per heavy atom. The van der Waals surface area contributed by atoms with Crippen LogP contribution in [0.2, 0.25) is 0 Å². The molecule has 2 unspecified atom stereocenters. The molecule has 2 heteroatoms. The summed E-state index contributed by atoms with van der Waals surface area (Å²) in [5.74, 6) is 1.58. The van der Waals surface area contributed by atoms with E-state index in [1.165, 1.54) is 0 Å². The Balaban J connectivity index is 2.44. The van der Waals surface area contributed by atoms with Crippen molar-refractivity contribution in [1.29, 1.82) is 0 Å². The van der Waals surface area contributed by atoms with E-state index >= 15 is 0 Å². The van der Waals surface area contributed by atoms with E-state index in [1.807, 2.05) is 19.2 Å². The molecule has 1 N–H and O–H groups in total. The van der Waals surface area contributed by atoms with Crippen LogP contribution < -0.4 is 5.32 Å². The van der Waals surface area contributed by atoms with Gasteiger partial charge in [-0.1, -0.05) is 6.92 Å². The zero-order valence-corrected chi connectivity index (χ0v) is 8.00. The van der Waals surface area contributed by atoms with Gasteiger partial charge < -0.3 is 9.73 Å². The Labute approximate surface area is 74.0 Å². The van der Waals surface area contributed by atoms with Crippen LogP contribution in [0.25, 0.3) is 0 Å². The zero-order valence-electron chi connectivity index (χ0n) is 8.00. The van der Waals surface area contributed by atoms with Gasteiger partial charge in [-0.25, -0.2) is 0 Å². The Morgan fingerprint density at radius 1 is 1.50 bits per heavy atom. The summed E-state index contributed by atoms with van der Waals surface area (Å²) in [5, 5.41) is 3.22. The highest BCUT2D eigenvalue weighted by atomic mass is 16.3. The van der Waals surface area contributed by atoms with Crippen LogP contribution in [-0.2, 0) is 0 Å². The van der Waals surface area contributed by atoms with Gasteiger partial charge in [0, 0.05) is 12.0 Å². The van der Waals surface area contributed by atoms with Gasteiger partial charge >= 0.3 is 0 Å². The molecule has 2 atom stereocenters. The molecule has 68 valence electrons. The van der Waals surface area contributed by atoms with Crippen LogP contribution in [0.15, 0.2) is 22.8 Å². The lowest BCUT2D eigenvalue weighted by atomic mass is 10.0. The second-order valence-corrected chi connectivity index (χ2v) is 3.34. The van der Waals surface area contributed by atoms with Crippen LogP contribution in [0.5, 0.6) is 0 Å². The molecule has 0 aromatic carbocycles. The molecular formula is C10H17NO. The van der Waals surface area contributed by atoms with Crippen LogP contribution in [0, 0.1) is 0 Å². The van der Waals surface area contributed by atoms with Crippen LogP contribution in [0.4, 0.5) is 0 Å². The smallest absolute Gasteiger partial charge is 0.106 e. The fraction of sp³-hybridized carbons (Fsp3) is 0.600. The predicted molar refractivity (Wildman–Crippen MR) is 50.3 cm³/mol. The minimum absolute atomic E-state index is 0.502. The molecule has 0 saturated heterocycles. The van der Waals surface area contributed by atoms with Crippen molar-refractivity contribution in [1.82, 2.24) is 5.32 Å². The molecule has 1 aromatic heterocycles. The molecule has 0 aliphatic heterocycles. The van der Waals surface area contributed by atoms with E-state index in [0.29, 0.717) is 12.0 Å². The van der Waals surface area contributed by atoms with Crippen molar-refractivity contribution in [2.45, 2.75) is 32.2 Å². The molecule has 0 radical (unpaired) electrons. The standard InChI is InChI=1S/C10H17NO/c1-8(7-9(2)11-3)10-5-4-6-12-10/h4-6,8-9,11H,7H2,1-3H3. The molecule has 0 saturated carbocycles. The minimum atomic E-state index is 0.502. The van der Waals surface area contributed by atoms with E-state index in [4.69, 9.17) is 4.42 Å². The molecule has 1 heterocycles. The summed E-state index contributed by atoms with van der Waals surface area (Å²) in [5.41, 5.74) is 0. The molecule has 0 aliphatic rings. The Bertz CT molecular complexity index is 206. The number of nitrogens with one attached hydrogen (secondary N) is 1. The predicted octanol–water partition coefficient (Wildman–Crippen LogP) is 2.38. The fourth-order valence-electron chi connectivity index (χ4n) is 1.34. The average molecular weight is 167 g/mol. The maximum atomic E-state index is 5.31. The van der Waals surface area contributed by atoms with Crippen LogP contribution in [0.3, 0.4) is 0 Å². The fourth-order valence-corrected chi connectivity index (χ4v) is 1.34. The lowest BCUT2D eigenvalue weighted by Gasteiger charge is -2.14. The van der Waals surface area contributed by atoms with Crippen molar-refractivity contribution >= 4 is 0 Å². The summed E-state index contributed by atoms with van der Waals surface area (Å²) >= 11 is 0. The van der Waals surface area contributed by atoms with E-state index in [-0.39, 0.29) is 0 Å². The van der Waals surface area contributed by atoms with Gasteiger partial charge in [0.1, 0.15) is 5.76 Å². The second kappa shape index (κ2) is 4.31. The third-order valence-electron chi connectivity index (χ3n) is 2.23. The molecule has 1 aromatic rings. The van der Waals surface area contributed by atoms with E-state index < -0.39 is 0 Å². The monoisotopic (exact) mass is 167 g/mol. The molecule has 0 fully saturated rings. The van der Waals surface area contributed by atoms with Gasteiger partial charge in [-0.3, -0.25) is 0 Å². The van der Waals surface area contributed by atoms with Gasteiger partial charge in [0.2, 0.25) is 0 Å². The molecule has 12 heavy (non-hydrogen) atoms. The summed E-state index contributed by atoms with van der Waals surface area (Å²) in [7, 11) is 1.99. The summed E-state index contributed by atoms with van der Waals surface area (Å²) in [6.07, 6.45) is 2.85. The number of hydrogen-bond acceptors (Lipinski definition) is 2. The molecular weight excluding hydrogens is 150 g/mol. The first kappa shape index (κ1) is 9.33. The summed E-state index contributed by atoms with van der Waals surface area (Å²) < 4.78 is 5.31. The van der Waals surface area contributed by atoms with Gasteiger partial charge in [0.15, 0.2) is 0 Å². The first-order valence-electron chi connectivity index (χ1n) is 4.44. The van der Waals surface area contributed by atoms with Gasteiger partial charge in [0.25, 0.3) is 0 Å². The van der Waals surface area contributed by atoms with Crippen LogP contribution in [-0.4, -0.2) is 13.1 Å². The zero-order chi connectivity index (χ0) is 8.97. The number of rotatable bonds is 4. The first-order valence-corrected chi connectivity index (χ1v) is 4.44. The van der Waals surface area contributed by atoms with Gasteiger partial charge in [-0.05, 0) is 32.5 Å². The molecule has 0 bridgehead atoms. The first-order chi connectivity index (χ1) is 5.74. The Hall–Kier alpha value is -0.760.